The number of para-hydroxylation sites is 1. The normalized spacial score (nSPS) is 12.2. The molecule has 0 spiro atoms. The molecule has 0 aromatic heterocycles. The molecule has 0 saturated heterocycles. The fourth-order valence-corrected chi connectivity index (χ4v) is 1.91. The van der Waals surface area contributed by atoms with Crippen molar-refractivity contribution in [1.29, 1.82) is 0 Å². The highest BCUT2D eigenvalue weighted by Crippen LogP contribution is 2.25. The van der Waals surface area contributed by atoms with Crippen LogP contribution in [0.4, 0.5) is 4.39 Å². The van der Waals surface area contributed by atoms with E-state index in [1.165, 1.54) is 12.1 Å². The molecule has 2 aromatic rings. The van der Waals surface area contributed by atoms with Crippen LogP contribution in [0.5, 0.6) is 5.75 Å². The van der Waals surface area contributed by atoms with Crippen LogP contribution >= 0.6 is 0 Å². The van der Waals surface area contributed by atoms with Crippen molar-refractivity contribution in [2.45, 2.75) is 12.5 Å². The number of aliphatic hydroxyl groups excluding tert-OH is 1. The number of halogens is 1. The van der Waals surface area contributed by atoms with E-state index in [1.807, 2.05) is 24.3 Å². The summed E-state index contributed by atoms with van der Waals surface area (Å²) < 4.78 is 18.3. The number of benzene rings is 2. The number of methoxy groups -OCH3 is 1. The van der Waals surface area contributed by atoms with Gasteiger partial charge in [0, 0.05) is 6.42 Å². The second-order valence-electron chi connectivity index (χ2n) is 4.09. The minimum Gasteiger partial charge on any atom is -0.496 e. The standard InChI is InChI=1S/C15H15FO2/c1-18-15-8-3-2-5-12(15)10-14(17)11-6-4-7-13(16)9-11/h2-9,14,17H,10H2,1H3. The Labute approximate surface area is 106 Å². The first kappa shape index (κ1) is 12.6. The van der Waals surface area contributed by atoms with E-state index < -0.39 is 6.10 Å². The highest BCUT2D eigenvalue weighted by molar-refractivity contribution is 5.34. The van der Waals surface area contributed by atoms with Gasteiger partial charge < -0.3 is 9.84 Å². The predicted octanol–water partition coefficient (Wildman–Crippen LogP) is 3.11. The van der Waals surface area contributed by atoms with E-state index in [0.717, 1.165) is 11.3 Å². The first-order valence-electron chi connectivity index (χ1n) is 5.76. The van der Waals surface area contributed by atoms with E-state index in [2.05, 4.69) is 0 Å². The van der Waals surface area contributed by atoms with E-state index in [-0.39, 0.29) is 5.82 Å². The Hall–Kier alpha value is -1.87. The molecule has 0 fully saturated rings. The molecule has 1 atom stereocenters. The Morgan fingerprint density at radius 1 is 1.17 bits per heavy atom. The number of rotatable bonds is 4. The molecule has 0 aliphatic carbocycles. The summed E-state index contributed by atoms with van der Waals surface area (Å²) in [5.74, 6) is 0.388. The Kier molecular flexibility index (Phi) is 3.95. The molecule has 1 unspecified atom stereocenters. The van der Waals surface area contributed by atoms with Crippen LogP contribution in [0, 0.1) is 5.82 Å². The lowest BCUT2D eigenvalue weighted by atomic mass is 10.0. The van der Waals surface area contributed by atoms with Crippen molar-refractivity contribution in [3.8, 4) is 5.75 Å². The number of hydrogen-bond acceptors (Lipinski definition) is 2. The molecule has 94 valence electrons. The largest absolute Gasteiger partial charge is 0.496 e. The van der Waals surface area contributed by atoms with Crippen LogP contribution in [-0.4, -0.2) is 12.2 Å². The predicted molar refractivity (Wildman–Crippen MR) is 68.1 cm³/mol. The Morgan fingerprint density at radius 2 is 1.94 bits per heavy atom. The summed E-state index contributed by atoms with van der Waals surface area (Å²) in [7, 11) is 1.59. The van der Waals surface area contributed by atoms with Gasteiger partial charge in [0.15, 0.2) is 0 Å². The molecule has 2 rings (SSSR count). The van der Waals surface area contributed by atoms with Crippen LogP contribution in [0.15, 0.2) is 48.5 Å². The summed E-state index contributed by atoms with van der Waals surface area (Å²) in [4.78, 5) is 0. The van der Waals surface area contributed by atoms with Crippen LogP contribution in [0.25, 0.3) is 0 Å². The molecule has 2 aromatic carbocycles. The van der Waals surface area contributed by atoms with Gasteiger partial charge in [-0.15, -0.1) is 0 Å². The van der Waals surface area contributed by atoms with E-state index >= 15 is 0 Å². The van der Waals surface area contributed by atoms with Gasteiger partial charge >= 0.3 is 0 Å². The minimum absolute atomic E-state index is 0.341. The highest BCUT2D eigenvalue weighted by atomic mass is 19.1. The van der Waals surface area contributed by atoms with Crippen LogP contribution < -0.4 is 4.74 Å². The summed E-state index contributed by atoms with van der Waals surface area (Å²) in [6.45, 7) is 0. The maximum atomic E-state index is 13.1. The first-order chi connectivity index (χ1) is 8.70. The SMILES string of the molecule is COc1ccccc1CC(O)c1cccc(F)c1. The molecule has 0 heterocycles. The van der Waals surface area contributed by atoms with Crippen LogP contribution in [-0.2, 0) is 6.42 Å². The van der Waals surface area contributed by atoms with Gasteiger partial charge in [-0.3, -0.25) is 0 Å². The van der Waals surface area contributed by atoms with Gasteiger partial charge in [0.25, 0.3) is 0 Å². The summed E-state index contributed by atoms with van der Waals surface area (Å²) >= 11 is 0. The van der Waals surface area contributed by atoms with Gasteiger partial charge in [-0.25, -0.2) is 4.39 Å². The fraction of sp³-hybridized carbons (Fsp3) is 0.200. The zero-order valence-corrected chi connectivity index (χ0v) is 10.1. The molecular weight excluding hydrogens is 231 g/mol. The van der Waals surface area contributed by atoms with Crippen LogP contribution in [0.1, 0.15) is 17.2 Å². The van der Waals surface area contributed by atoms with Gasteiger partial charge in [-0.2, -0.15) is 0 Å². The average molecular weight is 246 g/mol. The van der Waals surface area contributed by atoms with E-state index in [4.69, 9.17) is 4.74 Å². The molecule has 18 heavy (non-hydrogen) atoms. The number of aliphatic hydroxyl groups is 1. The summed E-state index contributed by atoms with van der Waals surface area (Å²) in [6, 6.07) is 13.5. The van der Waals surface area contributed by atoms with Crippen LogP contribution in [0.2, 0.25) is 0 Å². The minimum atomic E-state index is -0.739. The zero-order chi connectivity index (χ0) is 13.0. The molecule has 0 aliphatic rings. The second kappa shape index (κ2) is 5.65. The highest BCUT2D eigenvalue weighted by Gasteiger charge is 2.12. The Balaban J connectivity index is 2.18. The van der Waals surface area contributed by atoms with Gasteiger partial charge in [0.1, 0.15) is 11.6 Å². The third kappa shape index (κ3) is 2.87. The zero-order valence-electron chi connectivity index (χ0n) is 10.1. The summed E-state index contributed by atoms with van der Waals surface area (Å²) in [6.07, 6.45) is -0.343. The van der Waals surface area contributed by atoms with Crippen molar-refractivity contribution < 1.29 is 14.2 Å². The third-order valence-corrected chi connectivity index (χ3v) is 2.84. The third-order valence-electron chi connectivity index (χ3n) is 2.84. The van der Waals surface area contributed by atoms with E-state index in [9.17, 15) is 9.50 Å². The Bertz CT molecular complexity index is 525. The summed E-state index contributed by atoms with van der Waals surface area (Å²) in [5.41, 5.74) is 1.47. The average Bonchev–Trinajstić information content (AvgIpc) is 2.39. The van der Waals surface area contributed by atoms with Crippen molar-refractivity contribution in [2.24, 2.45) is 0 Å². The first-order valence-corrected chi connectivity index (χ1v) is 5.76. The smallest absolute Gasteiger partial charge is 0.123 e. The van der Waals surface area contributed by atoms with E-state index in [1.54, 1.807) is 19.2 Å². The number of hydrogen-bond donors (Lipinski definition) is 1. The quantitative estimate of drug-likeness (QED) is 0.898. The maximum absolute atomic E-state index is 13.1. The molecule has 0 amide bonds. The van der Waals surface area contributed by atoms with Gasteiger partial charge in [0.2, 0.25) is 0 Å². The lowest BCUT2D eigenvalue weighted by Crippen LogP contribution is -2.03. The number of ether oxygens (including phenoxy) is 1. The van der Waals surface area contributed by atoms with Crippen molar-refractivity contribution >= 4 is 0 Å². The Morgan fingerprint density at radius 3 is 2.67 bits per heavy atom. The van der Waals surface area contributed by atoms with Crippen LogP contribution in [0.3, 0.4) is 0 Å². The van der Waals surface area contributed by atoms with Crippen molar-refractivity contribution in [1.82, 2.24) is 0 Å². The molecule has 3 heteroatoms. The second-order valence-corrected chi connectivity index (χ2v) is 4.09. The molecule has 0 aliphatic heterocycles. The molecule has 0 saturated carbocycles. The lowest BCUT2D eigenvalue weighted by molar-refractivity contribution is 0.177. The monoisotopic (exact) mass is 246 g/mol. The van der Waals surface area contributed by atoms with Gasteiger partial charge in [-0.1, -0.05) is 30.3 Å². The lowest BCUT2D eigenvalue weighted by Gasteiger charge is -2.13. The summed E-state index contributed by atoms with van der Waals surface area (Å²) in [5, 5.41) is 10.1. The molecule has 1 N–H and O–H groups in total. The van der Waals surface area contributed by atoms with Crippen molar-refractivity contribution in [3.05, 3.63) is 65.5 Å². The molecule has 0 bridgehead atoms. The maximum Gasteiger partial charge on any atom is 0.123 e. The fourth-order valence-electron chi connectivity index (χ4n) is 1.91. The topological polar surface area (TPSA) is 29.5 Å². The van der Waals surface area contributed by atoms with Crippen molar-refractivity contribution in [2.75, 3.05) is 7.11 Å². The molecular formula is C15H15FO2. The molecule has 2 nitrogen and oxygen atoms in total. The molecule has 0 radical (unpaired) electrons. The van der Waals surface area contributed by atoms with Gasteiger partial charge in [-0.05, 0) is 29.3 Å². The van der Waals surface area contributed by atoms with E-state index in [0.29, 0.717) is 12.0 Å². The van der Waals surface area contributed by atoms with Gasteiger partial charge in [0.05, 0.1) is 13.2 Å². The van der Waals surface area contributed by atoms with Crippen molar-refractivity contribution in [3.63, 3.8) is 0 Å².